The normalized spacial score (nSPS) is 15.5. The van der Waals surface area contributed by atoms with Crippen molar-refractivity contribution in [1.29, 1.82) is 0 Å². The minimum absolute atomic E-state index is 0.403. The standard InChI is InChI=1S/C14H16N2O3/c1-15-5-6-16-11-4-3-9(19-2)7-10(11)13(14(17)18)12(16)8-15/h3-4,7H,5-6,8H2,1-2H3,(H,17,18). The number of carbonyl (C=O) groups is 1. The van der Waals surface area contributed by atoms with E-state index in [0.29, 0.717) is 17.9 Å². The van der Waals surface area contributed by atoms with Crippen molar-refractivity contribution in [3.8, 4) is 5.75 Å². The summed E-state index contributed by atoms with van der Waals surface area (Å²) < 4.78 is 7.31. The van der Waals surface area contributed by atoms with Crippen LogP contribution in [-0.4, -0.2) is 41.2 Å². The summed E-state index contributed by atoms with van der Waals surface area (Å²) in [5, 5.41) is 10.3. The Balaban J connectivity index is 2.33. The highest BCUT2D eigenvalue weighted by Gasteiger charge is 2.25. The average Bonchev–Trinajstić information content (AvgIpc) is 2.70. The number of carboxylic acid groups (broad SMARTS) is 1. The maximum atomic E-state index is 11.6. The molecule has 0 radical (unpaired) electrons. The SMILES string of the molecule is COc1ccc2c(c1)c(C(=O)O)c1n2CCN(C)C1. The molecule has 0 unspecified atom stereocenters. The van der Waals surface area contributed by atoms with Gasteiger partial charge in [0.2, 0.25) is 0 Å². The van der Waals surface area contributed by atoms with Gasteiger partial charge in [-0.3, -0.25) is 4.90 Å². The molecule has 1 N–H and O–H groups in total. The highest BCUT2D eigenvalue weighted by molar-refractivity contribution is 6.05. The van der Waals surface area contributed by atoms with Gasteiger partial charge in [-0.05, 0) is 25.2 Å². The molecule has 0 aliphatic carbocycles. The summed E-state index contributed by atoms with van der Waals surface area (Å²) in [6.45, 7) is 2.42. The Morgan fingerprint density at radius 3 is 2.84 bits per heavy atom. The molecule has 0 fully saturated rings. The molecule has 100 valence electrons. The molecule has 0 spiro atoms. The van der Waals surface area contributed by atoms with Gasteiger partial charge in [-0.1, -0.05) is 0 Å². The van der Waals surface area contributed by atoms with E-state index in [1.807, 2.05) is 25.2 Å². The van der Waals surface area contributed by atoms with Gasteiger partial charge in [0.05, 0.1) is 12.7 Å². The molecular formula is C14H16N2O3. The maximum absolute atomic E-state index is 11.6. The van der Waals surface area contributed by atoms with Crippen molar-refractivity contribution in [3.63, 3.8) is 0 Å². The number of nitrogens with zero attached hydrogens (tertiary/aromatic N) is 2. The summed E-state index contributed by atoms with van der Waals surface area (Å²) >= 11 is 0. The highest BCUT2D eigenvalue weighted by atomic mass is 16.5. The van der Waals surface area contributed by atoms with Crippen LogP contribution in [0.2, 0.25) is 0 Å². The van der Waals surface area contributed by atoms with E-state index in [9.17, 15) is 9.90 Å². The van der Waals surface area contributed by atoms with Gasteiger partial charge in [0.15, 0.2) is 0 Å². The summed E-state index contributed by atoms with van der Waals surface area (Å²) in [5.74, 6) is -0.186. The van der Waals surface area contributed by atoms with Crippen molar-refractivity contribution in [2.75, 3.05) is 20.7 Å². The van der Waals surface area contributed by atoms with E-state index in [2.05, 4.69) is 9.47 Å². The minimum Gasteiger partial charge on any atom is -0.497 e. The van der Waals surface area contributed by atoms with Crippen molar-refractivity contribution < 1.29 is 14.6 Å². The first-order valence-corrected chi connectivity index (χ1v) is 6.22. The number of likely N-dealkylation sites (N-methyl/N-ethyl adjacent to an activating group) is 1. The fourth-order valence-corrected chi connectivity index (χ4v) is 2.78. The smallest absolute Gasteiger partial charge is 0.338 e. The van der Waals surface area contributed by atoms with Crippen LogP contribution >= 0.6 is 0 Å². The number of rotatable bonds is 2. The summed E-state index contributed by atoms with van der Waals surface area (Å²) in [6, 6.07) is 5.62. The first-order chi connectivity index (χ1) is 9.11. The molecule has 3 rings (SSSR count). The maximum Gasteiger partial charge on any atom is 0.338 e. The molecule has 1 aromatic carbocycles. The molecule has 0 saturated heterocycles. The first kappa shape index (κ1) is 12.0. The van der Waals surface area contributed by atoms with Crippen molar-refractivity contribution in [3.05, 3.63) is 29.5 Å². The average molecular weight is 260 g/mol. The lowest BCUT2D eigenvalue weighted by Crippen LogP contribution is -2.30. The number of hydrogen-bond acceptors (Lipinski definition) is 3. The Hall–Kier alpha value is -2.01. The molecule has 0 bridgehead atoms. The molecule has 0 saturated carbocycles. The predicted octanol–water partition coefficient (Wildman–Crippen LogP) is 1.79. The minimum atomic E-state index is -0.873. The van der Waals surface area contributed by atoms with Crippen LogP contribution in [0.4, 0.5) is 0 Å². The molecule has 1 aliphatic heterocycles. The lowest BCUT2D eigenvalue weighted by atomic mass is 10.1. The highest BCUT2D eigenvalue weighted by Crippen LogP contribution is 2.32. The van der Waals surface area contributed by atoms with Gasteiger partial charge in [0.25, 0.3) is 0 Å². The lowest BCUT2D eigenvalue weighted by molar-refractivity contribution is 0.0695. The van der Waals surface area contributed by atoms with Crippen LogP contribution in [0, 0.1) is 0 Å². The second-order valence-electron chi connectivity index (χ2n) is 4.90. The zero-order valence-corrected chi connectivity index (χ0v) is 11.0. The first-order valence-electron chi connectivity index (χ1n) is 6.22. The Morgan fingerprint density at radius 1 is 1.37 bits per heavy atom. The number of aromatic nitrogens is 1. The molecule has 2 heterocycles. The van der Waals surface area contributed by atoms with Crippen molar-refractivity contribution in [1.82, 2.24) is 9.47 Å². The van der Waals surface area contributed by atoms with Crippen LogP contribution in [0.1, 0.15) is 16.1 Å². The van der Waals surface area contributed by atoms with E-state index in [4.69, 9.17) is 4.74 Å². The quantitative estimate of drug-likeness (QED) is 0.894. The third kappa shape index (κ3) is 1.77. The van der Waals surface area contributed by atoms with Crippen LogP contribution in [0.5, 0.6) is 5.75 Å². The molecular weight excluding hydrogens is 244 g/mol. The van der Waals surface area contributed by atoms with Gasteiger partial charge in [0.1, 0.15) is 5.75 Å². The number of benzene rings is 1. The van der Waals surface area contributed by atoms with Crippen molar-refractivity contribution in [2.24, 2.45) is 0 Å². The lowest BCUT2D eigenvalue weighted by Gasteiger charge is -2.25. The summed E-state index contributed by atoms with van der Waals surface area (Å²) in [4.78, 5) is 13.7. The molecule has 0 amide bonds. The number of ether oxygens (including phenoxy) is 1. The fraction of sp³-hybridized carbons (Fsp3) is 0.357. The Bertz CT molecular complexity index is 660. The van der Waals surface area contributed by atoms with Gasteiger partial charge in [0, 0.05) is 36.2 Å². The zero-order valence-electron chi connectivity index (χ0n) is 11.0. The summed E-state index contributed by atoms with van der Waals surface area (Å²) in [7, 11) is 3.60. The Kier molecular flexibility index (Phi) is 2.71. The number of fused-ring (bicyclic) bond motifs is 3. The molecule has 19 heavy (non-hydrogen) atoms. The number of carboxylic acids is 1. The fourth-order valence-electron chi connectivity index (χ4n) is 2.78. The molecule has 5 nitrogen and oxygen atoms in total. The van der Waals surface area contributed by atoms with Crippen LogP contribution in [0.25, 0.3) is 10.9 Å². The molecule has 1 aromatic heterocycles. The van der Waals surface area contributed by atoms with Crippen molar-refractivity contribution in [2.45, 2.75) is 13.1 Å². The number of methoxy groups -OCH3 is 1. The van der Waals surface area contributed by atoms with E-state index in [1.54, 1.807) is 7.11 Å². The second kappa shape index (κ2) is 4.28. The summed E-state index contributed by atoms with van der Waals surface area (Å²) in [5.41, 5.74) is 2.26. The monoisotopic (exact) mass is 260 g/mol. The van der Waals surface area contributed by atoms with Crippen LogP contribution in [0.15, 0.2) is 18.2 Å². The largest absolute Gasteiger partial charge is 0.497 e. The third-order valence-corrected chi connectivity index (χ3v) is 3.72. The Morgan fingerprint density at radius 2 is 2.16 bits per heavy atom. The van der Waals surface area contributed by atoms with E-state index < -0.39 is 5.97 Å². The zero-order chi connectivity index (χ0) is 13.6. The topological polar surface area (TPSA) is 54.7 Å². The number of hydrogen-bond donors (Lipinski definition) is 1. The van der Waals surface area contributed by atoms with E-state index in [-0.39, 0.29) is 0 Å². The molecule has 0 atom stereocenters. The molecule has 1 aliphatic rings. The van der Waals surface area contributed by atoms with Gasteiger partial charge in [-0.25, -0.2) is 4.79 Å². The van der Waals surface area contributed by atoms with Gasteiger partial charge in [-0.15, -0.1) is 0 Å². The second-order valence-corrected chi connectivity index (χ2v) is 4.90. The predicted molar refractivity (Wildman–Crippen MR) is 71.8 cm³/mol. The van der Waals surface area contributed by atoms with E-state index in [0.717, 1.165) is 29.7 Å². The molecule has 2 aromatic rings. The third-order valence-electron chi connectivity index (χ3n) is 3.72. The van der Waals surface area contributed by atoms with E-state index in [1.165, 1.54) is 0 Å². The van der Waals surface area contributed by atoms with Gasteiger partial charge in [-0.2, -0.15) is 0 Å². The number of aromatic carboxylic acids is 1. The van der Waals surface area contributed by atoms with Crippen molar-refractivity contribution >= 4 is 16.9 Å². The Labute approximate surface area is 111 Å². The van der Waals surface area contributed by atoms with Crippen LogP contribution < -0.4 is 4.74 Å². The van der Waals surface area contributed by atoms with Gasteiger partial charge >= 0.3 is 5.97 Å². The summed E-state index contributed by atoms with van der Waals surface area (Å²) in [6.07, 6.45) is 0. The molecule has 5 heteroatoms. The van der Waals surface area contributed by atoms with E-state index >= 15 is 0 Å². The van der Waals surface area contributed by atoms with Gasteiger partial charge < -0.3 is 14.4 Å². The van der Waals surface area contributed by atoms with Crippen LogP contribution in [-0.2, 0) is 13.1 Å². The van der Waals surface area contributed by atoms with Crippen LogP contribution in [0.3, 0.4) is 0 Å².